The predicted octanol–water partition coefficient (Wildman–Crippen LogP) is 7.54. The van der Waals surface area contributed by atoms with E-state index in [9.17, 15) is 0 Å². The zero-order valence-corrected chi connectivity index (χ0v) is 22.2. The van der Waals surface area contributed by atoms with Gasteiger partial charge in [-0.25, -0.2) is 4.98 Å². The zero-order valence-electron chi connectivity index (χ0n) is 19.8. The van der Waals surface area contributed by atoms with Crippen LogP contribution in [0.4, 0.5) is 17.5 Å². The molecule has 0 saturated carbocycles. The Balaban J connectivity index is 0.00000306. The summed E-state index contributed by atoms with van der Waals surface area (Å²) >= 11 is 3.78. The second kappa shape index (κ2) is 11.2. The fourth-order valence-electron chi connectivity index (χ4n) is 4.13. The van der Waals surface area contributed by atoms with Gasteiger partial charge in [-0.3, -0.25) is 0 Å². The molecule has 0 amide bonds. The first-order valence-electron chi connectivity index (χ1n) is 11.4. The van der Waals surface area contributed by atoms with Gasteiger partial charge in [0.15, 0.2) is 0 Å². The number of benzene rings is 2. The molecule has 0 saturated heterocycles. The van der Waals surface area contributed by atoms with E-state index < -0.39 is 0 Å². The second-order valence-corrected chi connectivity index (χ2v) is 9.42. The van der Waals surface area contributed by atoms with Gasteiger partial charge in [-0.05, 0) is 70.9 Å². The van der Waals surface area contributed by atoms with Crippen LogP contribution < -0.4 is 9.80 Å². The number of hydrogen-bond acceptors (Lipinski definition) is 4. The van der Waals surface area contributed by atoms with Crippen LogP contribution in [0.25, 0.3) is 5.57 Å². The van der Waals surface area contributed by atoms with Crippen LogP contribution in [0.15, 0.2) is 65.1 Å². The van der Waals surface area contributed by atoms with Gasteiger partial charge >= 0.3 is 0 Å². The van der Waals surface area contributed by atoms with Gasteiger partial charge in [-0.1, -0.05) is 56.3 Å². The van der Waals surface area contributed by atoms with E-state index in [2.05, 4.69) is 114 Å². The number of rotatable bonds is 6. The third-order valence-electron chi connectivity index (χ3n) is 5.99. The molecule has 0 fully saturated rings. The molecule has 0 atom stereocenters. The SMILES string of the molecule is CCN(c1nc(C)cc(N2CC=C(c3ccccc3)CC2)n1)c1ccc(C(C)C)cc1Br.Cl. The summed E-state index contributed by atoms with van der Waals surface area (Å²) in [6.45, 7) is 11.2. The number of aromatic nitrogens is 2. The van der Waals surface area contributed by atoms with Crippen LogP contribution in [0.3, 0.4) is 0 Å². The van der Waals surface area contributed by atoms with Gasteiger partial charge in [0, 0.05) is 35.9 Å². The summed E-state index contributed by atoms with van der Waals surface area (Å²) in [4.78, 5) is 14.3. The Kier molecular flexibility index (Phi) is 8.55. The van der Waals surface area contributed by atoms with E-state index >= 15 is 0 Å². The van der Waals surface area contributed by atoms with Crippen molar-refractivity contribution in [3.63, 3.8) is 0 Å². The molecule has 3 aromatic rings. The van der Waals surface area contributed by atoms with Crippen molar-refractivity contribution in [3.05, 3.63) is 82.0 Å². The summed E-state index contributed by atoms with van der Waals surface area (Å²) in [7, 11) is 0. The van der Waals surface area contributed by atoms with Gasteiger partial charge < -0.3 is 9.80 Å². The molecular weight excluding hydrogens is 496 g/mol. The summed E-state index contributed by atoms with van der Waals surface area (Å²) in [5.41, 5.74) is 6.13. The van der Waals surface area contributed by atoms with Gasteiger partial charge in [0.25, 0.3) is 0 Å². The number of anilines is 3. The maximum atomic E-state index is 4.99. The van der Waals surface area contributed by atoms with Crippen LogP contribution in [-0.2, 0) is 0 Å². The summed E-state index contributed by atoms with van der Waals surface area (Å²) in [5.74, 6) is 2.23. The lowest BCUT2D eigenvalue weighted by molar-refractivity contribution is 0.805. The first kappa shape index (κ1) is 25.3. The molecule has 0 radical (unpaired) electrons. The normalized spacial score (nSPS) is 13.5. The molecule has 1 aliphatic rings. The second-order valence-electron chi connectivity index (χ2n) is 8.57. The first-order valence-corrected chi connectivity index (χ1v) is 12.2. The molecule has 6 heteroatoms. The topological polar surface area (TPSA) is 32.3 Å². The van der Waals surface area contributed by atoms with E-state index in [4.69, 9.17) is 9.97 Å². The summed E-state index contributed by atoms with van der Waals surface area (Å²) < 4.78 is 1.07. The van der Waals surface area contributed by atoms with Crippen LogP contribution in [0.2, 0.25) is 0 Å². The van der Waals surface area contributed by atoms with E-state index in [0.29, 0.717) is 5.92 Å². The maximum absolute atomic E-state index is 4.99. The molecule has 0 aliphatic carbocycles. The lowest BCUT2D eigenvalue weighted by Crippen LogP contribution is -2.30. The Morgan fingerprint density at radius 1 is 1.06 bits per heavy atom. The van der Waals surface area contributed by atoms with Gasteiger partial charge in [-0.15, -0.1) is 12.4 Å². The predicted molar refractivity (Wildman–Crippen MR) is 146 cm³/mol. The number of hydrogen-bond donors (Lipinski definition) is 0. The van der Waals surface area contributed by atoms with Crippen molar-refractivity contribution in [2.75, 3.05) is 29.4 Å². The Morgan fingerprint density at radius 2 is 1.82 bits per heavy atom. The minimum Gasteiger partial charge on any atom is -0.352 e. The highest BCUT2D eigenvalue weighted by Gasteiger charge is 2.19. The molecule has 174 valence electrons. The van der Waals surface area contributed by atoms with Crippen molar-refractivity contribution in [2.24, 2.45) is 0 Å². The van der Waals surface area contributed by atoms with Gasteiger partial charge in [0.05, 0.1) is 5.69 Å². The molecule has 33 heavy (non-hydrogen) atoms. The molecule has 1 aromatic heterocycles. The standard InChI is InChI=1S/C27H31BrN4.ClH/c1-5-32(25-12-11-23(19(2)3)18-24(25)28)27-29-20(4)17-26(30-27)31-15-13-22(14-16-31)21-9-7-6-8-10-21;/h6-13,17-19H,5,14-16H2,1-4H3;1H. The van der Waals surface area contributed by atoms with Crippen molar-refractivity contribution < 1.29 is 0 Å². The zero-order chi connectivity index (χ0) is 22.7. The van der Waals surface area contributed by atoms with Crippen molar-refractivity contribution in [1.82, 2.24) is 9.97 Å². The lowest BCUT2D eigenvalue weighted by Gasteiger charge is -2.29. The van der Waals surface area contributed by atoms with Crippen LogP contribution in [0, 0.1) is 6.92 Å². The first-order chi connectivity index (χ1) is 15.5. The molecular formula is C27H32BrClN4. The van der Waals surface area contributed by atoms with E-state index in [1.54, 1.807) is 0 Å². The Bertz CT molecular complexity index is 1110. The molecule has 0 spiro atoms. The lowest BCUT2D eigenvalue weighted by atomic mass is 9.99. The quantitative estimate of drug-likeness (QED) is 0.331. The van der Waals surface area contributed by atoms with E-state index in [-0.39, 0.29) is 12.4 Å². The van der Waals surface area contributed by atoms with E-state index in [0.717, 1.165) is 53.7 Å². The Hall–Kier alpha value is -2.37. The Labute approximate surface area is 212 Å². The van der Waals surface area contributed by atoms with Crippen molar-refractivity contribution in [1.29, 1.82) is 0 Å². The minimum absolute atomic E-state index is 0. The van der Waals surface area contributed by atoms with Crippen LogP contribution in [0.5, 0.6) is 0 Å². The van der Waals surface area contributed by atoms with Crippen molar-refractivity contribution >= 4 is 51.4 Å². The van der Waals surface area contributed by atoms with Gasteiger partial charge in [0.2, 0.25) is 5.95 Å². The average Bonchev–Trinajstić information content (AvgIpc) is 2.81. The summed E-state index contributed by atoms with van der Waals surface area (Å²) in [5, 5.41) is 0. The highest BCUT2D eigenvalue weighted by atomic mass is 79.9. The van der Waals surface area contributed by atoms with E-state index in [1.165, 1.54) is 16.7 Å². The highest BCUT2D eigenvalue weighted by molar-refractivity contribution is 9.10. The molecule has 4 nitrogen and oxygen atoms in total. The monoisotopic (exact) mass is 526 g/mol. The van der Waals surface area contributed by atoms with Gasteiger partial charge in [0.1, 0.15) is 5.82 Å². The number of aryl methyl sites for hydroxylation is 1. The molecule has 0 unspecified atom stereocenters. The third kappa shape index (κ3) is 5.77. The number of halogens is 2. The molecule has 0 bridgehead atoms. The molecule has 4 rings (SSSR count). The molecule has 0 N–H and O–H groups in total. The molecule has 1 aliphatic heterocycles. The maximum Gasteiger partial charge on any atom is 0.232 e. The average molecular weight is 528 g/mol. The van der Waals surface area contributed by atoms with E-state index in [1.807, 2.05) is 0 Å². The molecule has 2 aromatic carbocycles. The number of nitrogens with zero attached hydrogens (tertiary/aromatic N) is 4. The van der Waals surface area contributed by atoms with Crippen LogP contribution in [0.1, 0.15) is 49.9 Å². The largest absolute Gasteiger partial charge is 0.352 e. The fourth-order valence-corrected chi connectivity index (χ4v) is 4.74. The van der Waals surface area contributed by atoms with Crippen molar-refractivity contribution in [3.8, 4) is 0 Å². The van der Waals surface area contributed by atoms with Gasteiger partial charge in [-0.2, -0.15) is 4.98 Å². The third-order valence-corrected chi connectivity index (χ3v) is 6.63. The van der Waals surface area contributed by atoms with Crippen molar-refractivity contribution in [2.45, 2.75) is 40.0 Å². The van der Waals surface area contributed by atoms with Crippen LogP contribution in [-0.4, -0.2) is 29.6 Å². The smallest absolute Gasteiger partial charge is 0.232 e. The highest BCUT2D eigenvalue weighted by Crippen LogP contribution is 2.34. The summed E-state index contributed by atoms with van der Waals surface area (Å²) in [6, 6.07) is 19.3. The minimum atomic E-state index is 0. The molecule has 2 heterocycles. The summed E-state index contributed by atoms with van der Waals surface area (Å²) in [6.07, 6.45) is 3.34. The fraction of sp³-hybridized carbons (Fsp3) is 0.333. The van der Waals surface area contributed by atoms with Crippen LogP contribution >= 0.6 is 28.3 Å². The Morgan fingerprint density at radius 3 is 2.42 bits per heavy atom.